The van der Waals surface area contributed by atoms with Crippen molar-refractivity contribution in [3.8, 4) is 0 Å². The van der Waals surface area contributed by atoms with Crippen LogP contribution >= 0.6 is 0 Å². The molecule has 0 fully saturated rings. The highest BCUT2D eigenvalue weighted by atomic mass is 16.5. The smallest absolute Gasteiger partial charge is 0.338 e. The van der Waals surface area contributed by atoms with Crippen LogP contribution in [0.5, 0.6) is 0 Å². The SMILES string of the molecule is CCCCCCC(=O)N/C=C/CC1C[C@@H](C)[C@@H](C)C/C=C/Cc2cccc(C)c2C(=O)O1. The molecule has 0 bridgehead atoms. The van der Waals surface area contributed by atoms with Crippen molar-refractivity contribution >= 4 is 11.9 Å². The summed E-state index contributed by atoms with van der Waals surface area (Å²) in [5, 5.41) is 2.85. The predicted molar refractivity (Wildman–Crippen MR) is 131 cm³/mol. The molecule has 4 nitrogen and oxygen atoms in total. The largest absolute Gasteiger partial charge is 0.458 e. The molecule has 0 spiro atoms. The minimum absolute atomic E-state index is 0.0476. The Hall–Kier alpha value is -2.36. The Morgan fingerprint density at radius 3 is 2.75 bits per heavy atom. The van der Waals surface area contributed by atoms with E-state index in [0.29, 0.717) is 30.2 Å². The van der Waals surface area contributed by atoms with E-state index in [1.165, 1.54) is 12.8 Å². The molecule has 1 heterocycles. The number of esters is 1. The minimum atomic E-state index is -0.245. The monoisotopic (exact) mass is 439 g/mol. The third-order valence-electron chi connectivity index (χ3n) is 6.47. The molecule has 0 aromatic heterocycles. The van der Waals surface area contributed by atoms with Gasteiger partial charge in [-0.1, -0.05) is 76.5 Å². The quantitative estimate of drug-likeness (QED) is 0.279. The zero-order valence-electron chi connectivity index (χ0n) is 20.4. The summed E-state index contributed by atoms with van der Waals surface area (Å²) in [7, 11) is 0. The van der Waals surface area contributed by atoms with Gasteiger partial charge >= 0.3 is 5.97 Å². The molecule has 1 aromatic carbocycles. The van der Waals surface area contributed by atoms with Crippen molar-refractivity contribution in [1.29, 1.82) is 0 Å². The van der Waals surface area contributed by atoms with Crippen LogP contribution in [0, 0.1) is 18.8 Å². The number of aryl methyl sites for hydroxylation is 1. The summed E-state index contributed by atoms with van der Waals surface area (Å²) in [6.45, 7) is 8.61. The molecule has 0 radical (unpaired) electrons. The highest BCUT2D eigenvalue weighted by molar-refractivity contribution is 5.93. The van der Waals surface area contributed by atoms with Crippen LogP contribution in [0.1, 0.15) is 93.6 Å². The summed E-state index contributed by atoms with van der Waals surface area (Å²) in [5.41, 5.74) is 2.65. The van der Waals surface area contributed by atoms with Crippen LogP contribution in [-0.2, 0) is 16.0 Å². The van der Waals surface area contributed by atoms with Gasteiger partial charge in [-0.3, -0.25) is 4.79 Å². The average Bonchev–Trinajstić information content (AvgIpc) is 2.76. The fraction of sp³-hybridized carbons (Fsp3) is 0.571. The maximum absolute atomic E-state index is 13.1. The van der Waals surface area contributed by atoms with E-state index in [1.54, 1.807) is 6.20 Å². The molecule has 0 saturated carbocycles. The number of rotatable bonds is 8. The number of unbranched alkanes of at least 4 members (excludes halogenated alkanes) is 3. The molecular formula is C28H41NO3. The van der Waals surface area contributed by atoms with Crippen LogP contribution in [0.4, 0.5) is 0 Å². The van der Waals surface area contributed by atoms with E-state index in [1.807, 2.05) is 31.2 Å². The Morgan fingerprint density at radius 2 is 1.97 bits per heavy atom. The third kappa shape index (κ3) is 8.64. The normalized spacial score (nSPS) is 23.0. The first kappa shape index (κ1) is 25.9. The van der Waals surface area contributed by atoms with Gasteiger partial charge in [-0.15, -0.1) is 0 Å². The average molecular weight is 440 g/mol. The second-order valence-corrected chi connectivity index (χ2v) is 9.25. The number of allylic oxidation sites excluding steroid dienone is 2. The molecular weight excluding hydrogens is 398 g/mol. The van der Waals surface area contributed by atoms with E-state index in [4.69, 9.17) is 4.74 Å². The Labute approximate surface area is 194 Å². The lowest BCUT2D eigenvalue weighted by atomic mass is 9.87. The summed E-state index contributed by atoms with van der Waals surface area (Å²) < 4.78 is 6.02. The van der Waals surface area contributed by atoms with Gasteiger partial charge in [-0.2, -0.15) is 0 Å². The predicted octanol–water partition coefficient (Wildman–Crippen LogP) is 6.68. The molecule has 1 amide bonds. The fourth-order valence-corrected chi connectivity index (χ4v) is 4.15. The fourth-order valence-electron chi connectivity index (χ4n) is 4.15. The summed E-state index contributed by atoms with van der Waals surface area (Å²) in [4.78, 5) is 25.1. The summed E-state index contributed by atoms with van der Waals surface area (Å²) in [6, 6.07) is 5.97. The van der Waals surface area contributed by atoms with Crippen LogP contribution in [0.15, 0.2) is 42.6 Å². The number of cyclic esters (lactones) is 1. The highest BCUT2D eigenvalue weighted by Crippen LogP contribution is 2.26. The van der Waals surface area contributed by atoms with Crippen molar-refractivity contribution in [2.45, 2.75) is 91.6 Å². The molecule has 1 aliphatic heterocycles. The molecule has 1 unspecified atom stereocenters. The van der Waals surface area contributed by atoms with Crippen LogP contribution in [0.2, 0.25) is 0 Å². The lowest BCUT2D eigenvalue weighted by molar-refractivity contribution is -0.120. The van der Waals surface area contributed by atoms with Gasteiger partial charge in [0.25, 0.3) is 0 Å². The number of benzene rings is 1. The lowest BCUT2D eigenvalue weighted by Crippen LogP contribution is -2.24. The zero-order chi connectivity index (χ0) is 23.3. The molecule has 4 heteroatoms. The molecule has 1 aliphatic rings. The van der Waals surface area contributed by atoms with Crippen LogP contribution in [-0.4, -0.2) is 18.0 Å². The molecule has 2 rings (SSSR count). The van der Waals surface area contributed by atoms with Gasteiger partial charge in [-0.05, 0) is 61.8 Å². The summed E-state index contributed by atoms with van der Waals surface area (Å²) in [5.74, 6) is 0.738. The van der Waals surface area contributed by atoms with Gasteiger partial charge in [0.05, 0.1) is 5.56 Å². The second-order valence-electron chi connectivity index (χ2n) is 9.25. The van der Waals surface area contributed by atoms with E-state index in [9.17, 15) is 9.59 Å². The second kappa shape index (κ2) is 13.9. The maximum atomic E-state index is 13.1. The molecule has 0 aliphatic carbocycles. The first-order valence-corrected chi connectivity index (χ1v) is 12.3. The Kier molecular flexibility index (Phi) is 11.3. The molecule has 1 N–H and O–H groups in total. The molecule has 1 aromatic rings. The standard InChI is InChI=1S/C28H41NO3/c1-5-6-7-8-18-26(30)29-19-12-17-25-20-23(4)21(2)13-9-10-15-24-16-11-14-22(3)27(24)28(31)32-25/h9-12,14,16,19,21,23,25H,5-8,13,15,17-18,20H2,1-4H3,(H,29,30)/b10-9+,19-12+/t21-,23+,25?/m0/s1. The number of hydrogen-bond donors (Lipinski definition) is 1. The van der Waals surface area contributed by atoms with Gasteiger partial charge < -0.3 is 10.1 Å². The number of nitrogens with one attached hydrogen (secondary N) is 1. The van der Waals surface area contributed by atoms with Crippen LogP contribution < -0.4 is 5.32 Å². The Balaban J connectivity index is 2.05. The topological polar surface area (TPSA) is 55.4 Å². The Morgan fingerprint density at radius 1 is 1.16 bits per heavy atom. The molecule has 0 saturated heterocycles. The van der Waals surface area contributed by atoms with E-state index in [-0.39, 0.29) is 18.0 Å². The van der Waals surface area contributed by atoms with Gasteiger partial charge in [-0.25, -0.2) is 4.79 Å². The van der Waals surface area contributed by atoms with Gasteiger partial charge in [0, 0.05) is 12.8 Å². The van der Waals surface area contributed by atoms with Crippen molar-refractivity contribution in [2.75, 3.05) is 0 Å². The molecule has 32 heavy (non-hydrogen) atoms. The van der Waals surface area contributed by atoms with E-state index in [2.05, 4.69) is 38.2 Å². The van der Waals surface area contributed by atoms with Gasteiger partial charge in [0.1, 0.15) is 6.10 Å². The van der Waals surface area contributed by atoms with Crippen molar-refractivity contribution in [1.82, 2.24) is 5.32 Å². The lowest BCUT2D eigenvalue weighted by Gasteiger charge is -2.25. The van der Waals surface area contributed by atoms with E-state index >= 15 is 0 Å². The zero-order valence-corrected chi connectivity index (χ0v) is 20.4. The van der Waals surface area contributed by atoms with E-state index < -0.39 is 0 Å². The van der Waals surface area contributed by atoms with Crippen molar-refractivity contribution in [3.63, 3.8) is 0 Å². The third-order valence-corrected chi connectivity index (χ3v) is 6.47. The van der Waals surface area contributed by atoms with Crippen molar-refractivity contribution in [2.24, 2.45) is 11.8 Å². The highest BCUT2D eigenvalue weighted by Gasteiger charge is 2.23. The summed E-state index contributed by atoms with van der Waals surface area (Å²) in [6.07, 6.45) is 15.9. The maximum Gasteiger partial charge on any atom is 0.338 e. The van der Waals surface area contributed by atoms with Gasteiger partial charge in [0.15, 0.2) is 0 Å². The minimum Gasteiger partial charge on any atom is -0.458 e. The number of hydrogen-bond acceptors (Lipinski definition) is 3. The molecule has 3 atom stereocenters. The number of carbonyl (C=O) groups is 2. The first-order chi connectivity index (χ1) is 15.4. The van der Waals surface area contributed by atoms with E-state index in [0.717, 1.165) is 43.2 Å². The number of amides is 1. The number of ether oxygens (including phenoxy) is 1. The summed E-state index contributed by atoms with van der Waals surface area (Å²) >= 11 is 0. The number of fused-ring (bicyclic) bond motifs is 1. The number of carbonyl (C=O) groups excluding carboxylic acids is 2. The van der Waals surface area contributed by atoms with Crippen LogP contribution in [0.3, 0.4) is 0 Å². The molecule has 176 valence electrons. The van der Waals surface area contributed by atoms with Gasteiger partial charge in [0.2, 0.25) is 5.91 Å². The van der Waals surface area contributed by atoms with Crippen molar-refractivity contribution < 1.29 is 14.3 Å². The van der Waals surface area contributed by atoms with Crippen LogP contribution in [0.25, 0.3) is 0 Å². The first-order valence-electron chi connectivity index (χ1n) is 12.3. The van der Waals surface area contributed by atoms with Crippen molar-refractivity contribution in [3.05, 3.63) is 59.3 Å². The Bertz CT molecular complexity index is 796.